The van der Waals surface area contributed by atoms with E-state index in [1.807, 2.05) is 22.6 Å². The molecule has 16 heavy (non-hydrogen) atoms. The Balaban J connectivity index is 3.26. The van der Waals surface area contributed by atoms with Crippen LogP contribution in [0.4, 0.5) is 5.69 Å². The van der Waals surface area contributed by atoms with Crippen LogP contribution in [0.15, 0.2) is 12.1 Å². The molecule has 5 nitrogen and oxygen atoms in total. The highest BCUT2D eigenvalue weighted by Gasteiger charge is 2.18. The standard InChI is InChI=1S/C10H10INO4/c1-3-16-10(13)8-4-7(12(14)15)5-9(11)6(8)2/h4-5H,3H2,1-2H3. The van der Waals surface area contributed by atoms with E-state index in [2.05, 4.69) is 0 Å². The lowest BCUT2D eigenvalue weighted by Gasteiger charge is -2.06. The zero-order chi connectivity index (χ0) is 12.3. The molecule has 0 aromatic heterocycles. The highest BCUT2D eigenvalue weighted by molar-refractivity contribution is 14.1. The summed E-state index contributed by atoms with van der Waals surface area (Å²) in [7, 11) is 0. The van der Waals surface area contributed by atoms with Gasteiger partial charge in [0.15, 0.2) is 0 Å². The van der Waals surface area contributed by atoms with Crippen LogP contribution >= 0.6 is 22.6 Å². The van der Waals surface area contributed by atoms with Gasteiger partial charge in [-0.15, -0.1) is 0 Å². The lowest BCUT2D eigenvalue weighted by molar-refractivity contribution is -0.385. The summed E-state index contributed by atoms with van der Waals surface area (Å²) in [4.78, 5) is 21.7. The average molecular weight is 335 g/mol. The molecular formula is C10H10INO4. The van der Waals surface area contributed by atoms with Gasteiger partial charge >= 0.3 is 5.97 Å². The molecule has 1 aromatic rings. The van der Waals surface area contributed by atoms with Crippen molar-refractivity contribution in [1.82, 2.24) is 0 Å². The van der Waals surface area contributed by atoms with Gasteiger partial charge in [-0.1, -0.05) is 0 Å². The van der Waals surface area contributed by atoms with Crippen molar-refractivity contribution in [3.8, 4) is 0 Å². The van der Waals surface area contributed by atoms with E-state index in [0.717, 1.165) is 0 Å². The molecule has 0 radical (unpaired) electrons. The molecule has 0 aliphatic rings. The molecule has 0 amide bonds. The lowest BCUT2D eigenvalue weighted by atomic mass is 10.1. The van der Waals surface area contributed by atoms with Crippen molar-refractivity contribution in [3.63, 3.8) is 0 Å². The molecule has 1 rings (SSSR count). The first-order valence-corrected chi connectivity index (χ1v) is 5.67. The molecule has 6 heteroatoms. The van der Waals surface area contributed by atoms with Crippen molar-refractivity contribution in [2.24, 2.45) is 0 Å². The van der Waals surface area contributed by atoms with E-state index in [1.54, 1.807) is 13.8 Å². The van der Waals surface area contributed by atoms with Crippen LogP contribution in [0.3, 0.4) is 0 Å². The van der Waals surface area contributed by atoms with E-state index in [-0.39, 0.29) is 17.9 Å². The Bertz CT molecular complexity index is 445. The van der Waals surface area contributed by atoms with Crippen LogP contribution in [0, 0.1) is 20.6 Å². The Kier molecular flexibility index (Phi) is 4.22. The summed E-state index contributed by atoms with van der Waals surface area (Å²) in [5.74, 6) is -0.526. The van der Waals surface area contributed by atoms with Crippen molar-refractivity contribution in [3.05, 3.63) is 36.9 Å². The highest BCUT2D eigenvalue weighted by atomic mass is 127. The molecule has 0 bridgehead atoms. The van der Waals surface area contributed by atoms with E-state index in [0.29, 0.717) is 9.13 Å². The predicted octanol–water partition coefficient (Wildman–Crippen LogP) is 2.68. The zero-order valence-corrected chi connectivity index (χ0v) is 11.0. The molecule has 0 atom stereocenters. The molecule has 0 spiro atoms. The number of carbonyl (C=O) groups excluding carboxylic acids is 1. The van der Waals surface area contributed by atoms with E-state index in [1.165, 1.54) is 12.1 Å². The van der Waals surface area contributed by atoms with Crippen LogP contribution in [0.25, 0.3) is 0 Å². The SMILES string of the molecule is CCOC(=O)c1cc([N+](=O)[O-])cc(I)c1C. The highest BCUT2D eigenvalue weighted by Crippen LogP contribution is 2.24. The summed E-state index contributed by atoms with van der Waals surface area (Å²) in [6.07, 6.45) is 0. The largest absolute Gasteiger partial charge is 0.462 e. The minimum atomic E-state index is -0.526. The summed E-state index contributed by atoms with van der Waals surface area (Å²) < 4.78 is 5.51. The fraction of sp³-hybridized carbons (Fsp3) is 0.300. The van der Waals surface area contributed by atoms with Crippen molar-refractivity contribution in [2.45, 2.75) is 13.8 Å². The number of rotatable bonds is 3. The summed E-state index contributed by atoms with van der Waals surface area (Å²) in [6, 6.07) is 2.67. The topological polar surface area (TPSA) is 69.4 Å². The number of nitro benzene ring substituents is 1. The van der Waals surface area contributed by atoms with Gasteiger partial charge in [0, 0.05) is 15.7 Å². The smallest absolute Gasteiger partial charge is 0.338 e. The summed E-state index contributed by atoms with van der Waals surface area (Å²) in [6.45, 7) is 3.67. The number of benzene rings is 1. The van der Waals surface area contributed by atoms with E-state index < -0.39 is 10.9 Å². The maximum Gasteiger partial charge on any atom is 0.338 e. The van der Waals surface area contributed by atoms with Gasteiger partial charge in [-0.05, 0) is 42.0 Å². The first-order valence-electron chi connectivity index (χ1n) is 4.59. The second kappa shape index (κ2) is 5.24. The first-order chi connectivity index (χ1) is 7.47. The number of ether oxygens (including phenoxy) is 1. The molecule has 0 fully saturated rings. The number of nitrogens with zero attached hydrogens (tertiary/aromatic N) is 1. The average Bonchev–Trinajstić information content (AvgIpc) is 2.21. The Morgan fingerprint density at radius 1 is 1.56 bits per heavy atom. The van der Waals surface area contributed by atoms with Gasteiger partial charge in [0.05, 0.1) is 17.1 Å². The number of non-ortho nitro benzene ring substituents is 1. The Labute approximate surface area is 106 Å². The minimum absolute atomic E-state index is 0.0990. The zero-order valence-electron chi connectivity index (χ0n) is 8.82. The fourth-order valence-corrected chi connectivity index (χ4v) is 1.80. The quantitative estimate of drug-likeness (QED) is 0.369. The number of carbonyl (C=O) groups is 1. The molecule has 86 valence electrons. The molecule has 0 aliphatic carbocycles. The number of nitro groups is 1. The maximum atomic E-state index is 11.5. The van der Waals surface area contributed by atoms with Gasteiger partial charge in [0.2, 0.25) is 0 Å². The number of hydrogen-bond acceptors (Lipinski definition) is 4. The van der Waals surface area contributed by atoms with E-state index >= 15 is 0 Å². The van der Waals surface area contributed by atoms with Gasteiger partial charge < -0.3 is 4.74 Å². The third-order valence-electron chi connectivity index (χ3n) is 2.04. The van der Waals surface area contributed by atoms with Gasteiger partial charge in [0.25, 0.3) is 5.69 Å². The van der Waals surface area contributed by atoms with Crippen LogP contribution in [-0.4, -0.2) is 17.5 Å². The summed E-state index contributed by atoms with van der Waals surface area (Å²) >= 11 is 1.96. The van der Waals surface area contributed by atoms with E-state index in [4.69, 9.17) is 4.74 Å². The molecule has 0 saturated heterocycles. The molecule has 0 aliphatic heterocycles. The van der Waals surface area contributed by atoms with E-state index in [9.17, 15) is 14.9 Å². The van der Waals surface area contributed by atoms with Crippen molar-refractivity contribution in [2.75, 3.05) is 6.61 Å². The predicted molar refractivity (Wildman–Crippen MR) is 66.5 cm³/mol. The fourth-order valence-electron chi connectivity index (χ4n) is 1.19. The van der Waals surface area contributed by atoms with Crippen LogP contribution in [0.2, 0.25) is 0 Å². The molecule has 0 unspecified atom stereocenters. The Morgan fingerprint density at radius 3 is 2.69 bits per heavy atom. The summed E-state index contributed by atoms with van der Waals surface area (Å²) in [5.41, 5.74) is 0.850. The van der Waals surface area contributed by atoms with Gasteiger partial charge in [-0.3, -0.25) is 10.1 Å². The molecule has 0 heterocycles. The molecule has 0 N–H and O–H groups in total. The van der Waals surface area contributed by atoms with Crippen LogP contribution in [0.1, 0.15) is 22.8 Å². The van der Waals surface area contributed by atoms with Crippen LogP contribution < -0.4 is 0 Å². The first kappa shape index (κ1) is 12.9. The number of halogens is 1. The second-order valence-electron chi connectivity index (χ2n) is 3.08. The number of hydrogen-bond donors (Lipinski definition) is 0. The Hall–Kier alpha value is -1.18. The van der Waals surface area contributed by atoms with Crippen LogP contribution in [0.5, 0.6) is 0 Å². The Morgan fingerprint density at radius 2 is 2.19 bits per heavy atom. The summed E-state index contributed by atoms with van der Waals surface area (Å²) in [5, 5.41) is 10.6. The van der Waals surface area contributed by atoms with Crippen molar-refractivity contribution < 1.29 is 14.5 Å². The maximum absolute atomic E-state index is 11.5. The van der Waals surface area contributed by atoms with Gasteiger partial charge in [0.1, 0.15) is 0 Å². The molecular weight excluding hydrogens is 325 g/mol. The van der Waals surface area contributed by atoms with Gasteiger partial charge in [-0.25, -0.2) is 4.79 Å². The normalized spacial score (nSPS) is 9.94. The molecule has 1 aromatic carbocycles. The third kappa shape index (κ3) is 2.69. The monoisotopic (exact) mass is 335 g/mol. The van der Waals surface area contributed by atoms with Crippen molar-refractivity contribution >= 4 is 34.2 Å². The second-order valence-corrected chi connectivity index (χ2v) is 4.24. The van der Waals surface area contributed by atoms with Crippen molar-refractivity contribution in [1.29, 1.82) is 0 Å². The molecule has 0 saturated carbocycles. The van der Waals surface area contributed by atoms with Gasteiger partial charge in [-0.2, -0.15) is 0 Å². The lowest BCUT2D eigenvalue weighted by Crippen LogP contribution is -2.08. The number of esters is 1. The van der Waals surface area contributed by atoms with Crippen LogP contribution in [-0.2, 0) is 4.74 Å². The minimum Gasteiger partial charge on any atom is -0.462 e. The third-order valence-corrected chi connectivity index (χ3v) is 3.16.